The number of carbonyl (C=O) groups excluding carboxylic acids is 2. The van der Waals surface area contributed by atoms with Crippen LogP contribution in [0.2, 0.25) is 0 Å². The minimum atomic E-state index is -1.23. The van der Waals surface area contributed by atoms with E-state index in [9.17, 15) is 14.4 Å². The van der Waals surface area contributed by atoms with Gasteiger partial charge in [-0.15, -0.1) is 6.58 Å². The number of carboxylic acids is 1. The van der Waals surface area contributed by atoms with Crippen molar-refractivity contribution >= 4 is 28.8 Å². The average Bonchev–Trinajstić information content (AvgIpc) is 3.31. The van der Waals surface area contributed by atoms with Crippen molar-refractivity contribution in [2.24, 2.45) is 5.92 Å². The van der Waals surface area contributed by atoms with Gasteiger partial charge in [-0.1, -0.05) is 18.2 Å². The third-order valence-corrected chi connectivity index (χ3v) is 7.47. The Kier molecular flexibility index (Phi) is 10.7. The normalized spacial score (nSPS) is 20.9. The van der Waals surface area contributed by atoms with Gasteiger partial charge in [0, 0.05) is 55.2 Å². The summed E-state index contributed by atoms with van der Waals surface area (Å²) >= 11 is 0. The number of hydrogen-bond acceptors (Lipinski definition) is 6. The number of carboxylic acid groups (broad SMARTS) is 1. The lowest BCUT2D eigenvalue weighted by Crippen LogP contribution is -2.55. The third-order valence-electron chi connectivity index (χ3n) is 7.47. The number of imide groups is 1. The largest absolute Gasteiger partial charge is 0.479 e. The number of nitrogens with zero attached hydrogens (tertiary/aromatic N) is 3. The zero-order valence-electron chi connectivity index (χ0n) is 23.5. The molecule has 1 aromatic carbocycles. The summed E-state index contributed by atoms with van der Waals surface area (Å²) in [6.07, 6.45) is 5.33. The Morgan fingerprint density at radius 3 is 2.62 bits per heavy atom. The van der Waals surface area contributed by atoms with Crippen molar-refractivity contribution in [3.05, 3.63) is 48.2 Å². The van der Waals surface area contributed by atoms with Gasteiger partial charge in [0.15, 0.2) is 0 Å². The standard InChI is InChI=1S/C26H37N5O2.C3H6O3/c1-5-11-30-17-19(25(32)31(26(33)27-6-2)13-8-12-29(3)4)14-21-20-9-7-10-22-24(20)18(16-28-22)15-23(21)30;1-2(4)3(5)6/h5,7,9-10,16,19,21,23,28H,1,6,8,11-15,17H2,2-4H3,(H,27,33);2,4H,1H3,(H,5,6). The molecule has 0 saturated carbocycles. The van der Waals surface area contributed by atoms with Gasteiger partial charge in [0.2, 0.25) is 5.91 Å². The van der Waals surface area contributed by atoms with Gasteiger partial charge in [0.25, 0.3) is 0 Å². The molecule has 39 heavy (non-hydrogen) atoms. The maximum atomic E-state index is 13.7. The van der Waals surface area contributed by atoms with Crippen LogP contribution in [-0.4, -0.2) is 107 Å². The Labute approximate surface area is 230 Å². The number of aromatic nitrogens is 1. The van der Waals surface area contributed by atoms with E-state index in [1.807, 2.05) is 27.1 Å². The lowest BCUT2D eigenvalue weighted by Gasteiger charge is -2.47. The molecule has 214 valence electrons. The van der Waals surface area contributed by atoms with E-state index in [-0.39, 0.29) is 23.8 Å². The van der Waals surface area contributed by atoms with Crippen LogP contribution in [0.25, 0.3) is 10.9 Å². The quantitative estimate of drug-likeness (QED) is 0.359. The number of likely N-dealkylation sites (tertiary alicyclic amines) is 1. The average molecular weight is 542 g/mol. The van der Waals surface area contributed by atoms with Crippen molar-refractivity contribution in [3.8, 4) is 0 Å². The first-order chi connectivity index (χ1) is 18.6. The van der Waals surface area contributed by atoms with Gasteiger partial charge in [0.1, 0.15) is 6.10 Å². The number of benzene rings is 1. The molecule has 2 heterocycles. The van der Waals surface area contributed by atoms with Gasteiger partial charge in [0.05, 0.1) is 5.92 Å². The molecule has 1 aliphatic carbocycles. The van der Waals surface area contributed by atoms with E-state index >= 15 is 0 Å². The lowest BCUT2D eigenvalue weighted by atomic mass is 9.72. The van der Waals surface area contributed by atoms with Crippen LogP contribution in [0.1, 0.15) is 43.7 Å². The summed E-state index contributed by atoms with van der Waals surface area (Å²) in [5, 5.41) is 19.9. The van der Waals surface area contributed by atoms with Crippen molar-refractivity contribution in [1.82, 2.24) is 25.0 Å². The summed E-state index contributed by atoms with van der Waals surface area (Å²) in [5.74, 6) is -1.20. The number of fused-ring (bicyclic) bond motifs is 2. The number of H-pyrrole nitrogens is 1. The summed E-state index contributed by atoms with van der Waals surface area (Å²) in [7, 11) is 4.01. The lowest BCUT2D eigenvalue weighted by molar-refractivity contribution is -0.145. The zero-order valence-corrected chi connectivity index (χ0v) is 23.5. The van der Waals surface area contributed by atoms with E-state index in [4.69, 9.17) is 10.2 Å². The number of rotatable bonds is 9. The molecule has 2 aromatic rings. The van der Waals surface area contributed by atoms with Crippen LogP contribution in [0, 0.1) is 5.92 Å². The van der Waals surface area contributed by atoms with Crippen molar-refractivity contribution in [2.75, 3.05) is 46.8 Å². The fourth-order valence-corrected chi connectivity index (χ4v) is 5.68. The highest BCUT2D eigenvalue weighted by Gasteiger charge is 2.43. The highest BCUT2D eigenvalue weighted by molar-refractivity contribution is 5.96. The van der Waals surface area contributed by atoms with E-state index in [1.165, 1.54) is 28.3 Å². The highest BCUT2D eigenvalue weighted by atomic mass is 16.4. The monoisotopic (exact) mass is 541 g/mol. The van der Waals surface area contributed by atoms with Crippen molar-refractivity contribution in [3.63, 3.8) is 0 Å². The maximum Gasteiger partial charge on any atom is 0.332 e. The van der Waals surface area contributed by atoms with Crippen molar-refractivity contribution < 1.29 is 24.6 Å². The topological polar surface area (TPSA) is 129 Å². The van der Waals surface area contributed by atoms with Gasteiger partial charge in [-0.3, -0.25) is 14.6 Å². The van der Waals surface area contributed by atoms with Gasteiger partial charge in [-0.25, -0.2) is 9.59 Å². The van der Waals surface area contributed by atoms with Crippen LogP contribution >= 0.6 is 0 Å². The summed E-state index contributed by atoms with van der Waals surface area (Å²) < 4.78 is 0. The zero-order chi connectivity index (χ0) is 28.7. The number of aliphatic hydroxyl groups is 1. The molecule has 4 N–H and O–H groups in total. The molecular formula is C29H43N5O5. The van der Waals surface area contributed by atoms with Gasteiger partial charge in [-0.05, 0) is 70.9 Å². The molecule has 1 aliphatic heterocycles. The van der Waals surface area contributed by atoms with E-state index in [0.717, 1.165) is 37.9 Å². The molecule has 1 fully saturated rings. The number of aliphatic carboxylic acids is 1. The number of carbonyl (C=O) groups is 3. The van der Waals surface area contributed by atoms with Crippen LogP contribution in [0.4, 0.5) is 4.79 Å². The molecule has 1 aromatic heterocycles. The van der Waals surface area contributed by atoms with E-state index in [1.54, 1.807) is 0 Å². The first-order valence-electron chi connectivity index (χ1n) is 13.7. The predicted octanol–water partition coefficient (Wildman–Crippen LogP) is 2.65. The number of aromatic amines is 1. The number of piperidine rings is 1. The molecule has 0 radical (unpaired) electrons. The predicted molar refractivity (Wildman–Crippen MR) is 152 cm³/mol. The Morgan fingerprint density at radius 1 is 1.28 bits per heavy atom. The number of amides is 3. The van der Waals surface area contributed by atoms with Crippen LogP contribution < -0.4 is 5.32 Å². The second kappa shape index (κ2) is 13.7. The van der Waals surface area contributed by atoms with Crippen LogP contribution in [0.15, 0.2) is 37.1 Å². The minimum absolute atomic E-state index is 0.0562. The van der Waals surface area contributed by atoms with E-state index in [2.05, 4.69) is 51.1 Å². The van der Waals surface area contributed by atoms with Gasteiger partial charge in [-0.2, -0.15) is 0 Å². The third kappa shape index (κ3) is 7.26. The molecule has 10 heteroatoms. The summed E-state index contributed by atoms with van der Waals surface area (Å²) in [5.41, 5.74) is 3.84. The SMILES string of the molecule is C=CCN1CC(C(=O)N(CCCN(C)C)C(=O)NCC)CC2c3cccc4[nH]cc(c34)CC21.CC(O)C(=O)O. The molecule has 4 unspecified atom stereocenters. The minimum Gasteiger partial charge on any atom is -0.479 e. The molecule has 2 aliphatic rings. The van der Waals surface area contributed by atoms with Crippen LogP contribution in [-0.2, 0) is 16.0 Å². The summed E-state index contributed by atoms with van der Waals surface area (Å²) in [4.78, 5) is 45.4. The first-order valence-corrected chi connectivity index (χ1v) is 13.7. The second-order valence-electron chi connectivity index (χ2n) is 10.6. The number of urea groups is 1. The van der Waals surface area contributed by atoms with Crippen molar-refractivity contribution in [2.45, 2.75) is 51.2 Å². The molecule has 4 rings (SSSR count). The molecule has 3 amide bonds. The number of aliphatic hydroxyl groups excluding tert-OH is 1. The van der Waals surface area contributed by atoms with Crippen LogP contribution in [0.5, 0.6) is 0 Å². The molecular weight excluding hydrogens is 498 g/mol. The maximum absolute atomic E-state index is 13.7. The Balaban J connectivity index is 0.000000631. The van der Waals surface area contributed by atoms with Crippen molar-refractivity contribution in [1.29, 1.82) is 0 Å². The number of nitrogens with one attached hydrogen (secondary N) is 2. The molecule has 4 atom stereocenters. The molecule has 10 nitrogen and oxygen atoms in total. The second-order valence-corrected chi connectivity index (χ2v) is 10.6. The Hall–Kier alpha value is -3.21. The van der Waals surface area contributed by atoms with E-state index < -0.39 is 12.1 Å². The fourth-order valence-electron chi connectivity index (χ4n) is 5.68. The van der Waals surface area contributed by atoms with Gasteiger partial charge < -0.3 is 25.4 Å². The number of hydrogen-bond donors (Lipinski definition) is 4. The smallest absolute Gasteiger partial charge is 0.332 e. The van der Waals surface area contributed by atoms with Crippen LogP contribution in [0.3, 0.4) is 0 Å². The first kappa shape index (κ1) is 30.3. The highest BCUT2D eigenvalue weighted by Crippen LogP contribution is 2.45. The molecule has 1 saturated heterocycles. The summed E-state index contributed by atoms with van der Waals surface area (Å²) in [6.45, 7) is 10.2. The Bertz CT molecular complexity index is 1160. The Morgan fingerprint density at radius 2 is 2.00 bits per heavy atom. The summed E-state index contributed by atoms with van der Waals surface area (Å²) in [6, 6.07) is 6.50. The fraction of sp³-hybridized carbons (Fsp3) is 0.552. The molecule has 0 spiro atoms. The van der Waals surface area contributed by atoms with E-state index in [0.29, 0.717) is 25.7 Å². The van der Waals surface area contributed by atoms with Gasteiger partial charge >= 0.3 is 12.0 Å². The molecule has 0 bridgehead atoms.